The number of allylic oxidation sites excluding steroid dienone is 1. The van der Waals surface area contributed by atoms with E-state index in [1.54, 1.807) is 30.3 Å². The number of nitrogens with zero attached hydrogens (tertiary/aromatic N) is 3. The molecule has 1 heterocycles. The number of benzene rings is 2. The van der Waals surface area contributed by atoms with Crippen molar-refractivity contribution in [3.8, 4) is 0 Å². The molecular formula is C23H19N3O3. The van der Waals surface area contributed by atoms with Gasteiger partial charge in [0, 0.05) is 17.2 Å². The van der Waals surface area contributed by atoms with E-state index >= 15 is 0 Å². The summed E-state index contributed by atoms with van der Waals surface area (Å²) in [4.78, 5) is 42.8. The molecule has 0 saturated heterocycles. The summed E-state index contributed by atoms with van der Waals surface area (Å²) in [6.45, 7) is 4.28. The first-order chi connectivity index (χ1) is 14.0. The Kier molecular flexibility index (Phi) is 4.57. The van der Waals surface area contributed by atoms with Crippen LogP contribution >= 0.6 is 0 Å². The molecule has 144 valence electrons. The molecule has 0 bridgehead atoms. The minimum Gasteiger partial charge on any atom is -0.361 e. The number of imide groups is 1. The Morgan fingerprint density at radius 3 is 2.34 bits per heavy atom. The van der Waals surface area contributed by atoms with E-state index in [1.165, 1.54) is 0 Å². The smallest absolute Gasteiger partial charge is 0.361 e. The third-order valence-corrected chi connectivity index (χ3v) is 5.51. The van der Waals surface area contributed by atoms with Crippen molar-refractivity contribution in [1.29, 1.82) is 0 Å². The Morgan fingerprint density at radius 1 is 1.00 bits per heavy atom. The number of hydrogen-bond acceptors (Lipinski definition) is 3. The highest BCUT2D eigenvalue weighted by Crippen LogP contribution is 2.37. The first-order valence-corrected chi connectivity index (χ1v) is 9.58. The van der Waals surface area contributed by atoms with Crippen molar-refractivity contribution in [3.63, 3.8) is 0 Å². The molecule has 1 aliphatic heterocycles. The van der Waals surface area contributed by atoms with Gasteiger partial charge in [0.2, 0.25) is 0 Å². The van der Waals surface area contributed by atoms with Crippen LogP contribution in [0.3, 0.4) is 0 Å². The van der Waals surface area contributed by atoms with E-state index in [2.05, 4.69) is 18.6 Å². The molecule has 6 heteroatoms. The summed E-state index contributed by atoms with van der Waals surface area (Å²) in [5.41, 5.74) is 11.7. The minimum atomic E-state index is -0.571. The van der Waals surface area contributed by atoms with Gasteiger partial charge in [0.1, 0.15) is 0 Å². The van der Waals surface area contributed by atoms with Gasteiger partial charge in [-0.3, -0.25) is 14.4 Å². The lowest BCUT2D eigenvalue weighted by Gasteiger charge is -2.30. The Labute approximate surface area is 168 Å². The van der Waals surface area contributed by atoms with Gasteiger partial charge < -0.3 is 5.53 Å². The number of rotatable bonds is 4. The maximum absolute atomic E-state index is 13.2. The third-order valence-electron chi connectivity index (χ3n) is 5.51. The molecule has 2 aliphatic rings. The molecule has 0 saturated carbocycles. The molecule has 4 rings (SSSR count). The molecule has 0 spiro atoms. The summed E-state index contributed by atoms with van der Waals surface area (Å²) < 4.78 is 0. The van der Waals surface area contributed by atoms with Gasteiger partial charge in [-0.05, 0) is 42.2 Å². The van der Waals surface area contributed by atoms with E-state index in [9.17, 15) is 19.9 Å². The minimum absolute atomic E-state index is 0.135. The van der Waals surface area contributed by atoms with E-state index < -0.39 is 17.6 Å². The second kappa shape index (κ2) is 7.08. The number of ketones is 1. The maximum atomic E-state index is 13.2. The zero-order valence-corrected chi connectivity index (χ0v) is 16.2. The topological polar surface area (TPSA) is 90.8 Å². The largest absolute Gasteiger partial charge is 0.369 e. The van der Waals surface area contributed by atoms with Gasteiger partial charge in [-0.15, -0.1) is 0 Å². The average molecular weight is 385 g/mol. The second-order valence-electron chi connectivity index (χ2n) is 7.33. The monoisotopic (exact) mass is 385 g/mol. The normalized spacial score (nSPS) is 16.3. The van der Waals surface area contributed by atoms with Crippen molar-refractivity contribution in [2.75, 3.05) is 4.90 Å². The molecular weight excluding hydrogens is 366 g/mol. The van der Waals surface area contributed by atoms with Gasteiger partial charge in [0.05, 0.1) is 16.8 Å². The zero-order chi connectivity index (χ0) is 20.7. The van der Waals surface area contributed by atoms with Crippen LogP contribution in [0, 0.1) is 0 Å². The second-order valence-corrected chi connectivity index (χ2v) is 7.33. The number of carbonyl (C=O) groups excluding carboxylic acids is 3. The maximum Gasteiger partial charge on any atom is 0.369 e. The quantitative estimate of drug-likeness (QED) is 0.456. The van der Waals surface area contributed by atoms with Crippen LogP contribution in [0.1, 0.15) is 59.7 Å². The number of carbonyl (C=O) groups is 3. The van der Waals surface area contributed by atoms with Crippen molar-refractivity contribution in [1.82, 2.24) is 0 Å². The molecule has 0 N–H and O–H groups in total. The lowest BCUT2D eigenvalue weighted by atomic mass is 9.82. The van der Waals surface area contributed by atoms with Gasteiger partial charge in [0.15, 0.2) is 0 Å². The van der Waals surface area contributed by atoms with E-state index in [0.717, 1.165) is 29.4 Å². The lowest BCUT2D eigenvalue weighted by Crippen LogP contribution is -2.44. The molecule has 6 nitrogen and oxygen atoms in total. The van der Waals surface area contributed by atoms with Crippen LogP contribution in [0.2, 0.25) is 0 Å². The first-order valence-electron chi connectivity index (χ1n) is 9.58. The Bertz CT molecular complexity index is 1140. The fraction of sp³-hybridized carbons (Fsp3) is 0.217. The number of anilines is 1. The SMILES string of the molecule is CCCC(C)c1ccc(N2C(=O)C3=CC(=O)C(=[N+]=[N-])c4cccc(c43)C2=O)cc1. The fourth-order valence-electron chi connectivity index (χ4n) is 4.01. The van der Waals surface area contributed by atoms with Gasteiger partial charge in [-0.2, -0.15) is 4.79 Å². The molecule has 0 aromatic heterocycles. The Balaban J connectivity index is 1.81. The predicted molar refractivity (Wildman–Crippen MR) is 109 cm³/mol. The molecule has 1 aliphatic carbocycles. The highest BCUT2D eigenvalue weighted by Gasteiger charge is 2.43. The van der Waals surface area contributed by atoms with Crippen LogP contribution < -0.4 is 4.90 Å². The van der Waals surface area contributed by atoms with E-state index in [0.29, 0.717) is 22.7 Å². The molecule has 1 unspecified atom stereocenters. The molecule has 0 radical (unpaired) electrons. The summed E-state index contributed by atoms with van der Waals surface area (Å²) in [7, 11) is 0. The van der Waals surface area contributed by atoms with Crippen LogP contribution in [0.4, 0.5) is 5.69 Å². The molecule has 1 atom stereocenters. The average Bonchev–Trinajstić information content (AvgIpc) is 2.72. The molecule has 2 aromatic rings. The van der Waals surface area contributed by atoms with Crippen molar-refractivity contribution in [2.45, 2.75) is 32.6 Å². The predicted octanol–water partition coefficient (Wildman–Crippen LogP) is 3.76. The van der Waals surface area contributed by atoms with Crippen LogP contribution in [0.25, 0.3) is 11.1 Å². The number of hydrogen-bond donors (Lipinski definition) is 0. The molecule has 0 fully saturated rings. The van der Waals surface area contributed by atoms with E-state index in [1.807, 2.05) is 12.1 Å². The number of amides is 2. The van der Waals surface area contributed by atoms with Gasteiger partial charge in [0.25, 0.3) is 17.6 Å². The fourth-order valence-corrected chi connectivity index (χ4v) is 4.01. The lowest BCUT2D eigenvalue weighted by molar-refractivity contribution is -0.115. The van der Waals surface area contributed by atoms with Crippen LogP contribution in [0.5, 0.6) is 0 Å². The van der Waals surface area contributed by atoms with Crippen molar-refractivity contribution < 1.29 is 19.2 Å². The van der Waals surface area contributed by atoms with Gasteiger partial charge in [-0.25, -0.2) is 4.90 Å². The van der Waals surface area contributed by atoms with Crippen molar-refractivity contribution in [2.24, 2.45) is 0 Å². The van der Waals surface area contributed by atoms with E-state index in [4.69, 9.17) is 0 Å². The first kappa shape index (κ1) is 18.7. The summed E-state index contributed by atoms with van der Waals surface area (Å²) >= 11 is 0. The van der Waals surface area contributed by atoms with Crippen molar-refractivity contribution >= 4 is 34.6 Å². The van der Waals surface area contributed by atoms with Gasteiger partial charge >= 0.3 is 5.71 Å². The highest BCUT2D eigenvalue weighted by atomic mass is 16.2. The van der Waals surface area contributed by atoms with Gasteiger partial charge in [-0.1, -0.05) is 38.5 Å². The summed E-state index contributed by atoms with van der Waals surface area (Å²) in [5.74, 6) is -1.21. The third kappa shape index (κ3) is 2.85. The van der Waals surface area contributed by atoms with Crippen LogP contribution in [-0.2, 0) is 9.59 Å². The van der Waals surface area contributed by atoms with Crippen molar-refractivity contribution in [3.05, 3.63) is 76.3 Å². The van der Waals surface area contributed by atoms with Crippen LogP contribution in [-0.4, -0.2) is 28.1 Å². The Morgan fingerprint density at radius 2 is 1.69 bits per heavy atom. The van der Waals surface area contributed by atoms with E-state index in [-0.39, 0.29) is 16.8 Å². The zero-order valence-electron chi connectivity index (χ0n) is 16.2. The molecule has 2 amide bonds. The molecule has 2 aromatic carbocycles. The summed E-state index contributed by atoms with van der Waals surface area (Å²) in [5, 5.41) is 0. The Hall–Kier alpha value is -3.63. The van der Waals surface area contributed by atoms with Crippen LogP contribution in [0.15, 0.2) is 48.5 Å². The summed E-state index contributed by atoms with van der Waals surface area (Å²) in [6, 6.07) is 12.2. The highest BCUT2D eigenvalue weighted by molar-refractivity contribution is 6.56. The summed E-state index contributed by atoms with van der Waals surface area (Å²) in [6.07, 6.45) is 3.27. The molecule has 29 heavy (non-hydrogen) atoms. The standard InChI is InChI=1S/C23H19N3O3/c1-3-5-13(2)14-8-10-15(11-9-14)26-22(28)17-7-4-6-16-20(17)18(23(26)29)12-19(27)21(16)25-24/h4,6-13H,3,5H2,1-2H3.